The van der Waals surface area contributed by atoms with E-state index in [0.29, 0.717) is 6.61 Å². The lowest BCUT2D eigenvalue weighted by Crippen LogP contribution is -2.18. The fourth-order valence-corrected chi connectivity index (χ4v) is 0.437. The van der Waals surface area contributed by atoms with Crippen LogP contribution in [-0.4, -0.2) is 31.0 Å². The lowest BCUT2D eigenvalue weighted by Gasteiger charge is -2.05. The number of aliphatic hydroxyl groups excluding tert-OH is 1. The van der Waals surface area contributed by atoms with Gasteiger partial charge in [-0.25, -0.2) is 0 Å². The summed E-state index contributed by atoms with van der Waals surface area (Å²) in [4.78, 5) is 2.49. The molecular formula is C5H11N3O2. The van der Waals surface area contributed by atoms with Crippen molar-refractivity contribution in [2.45, 2.75) is 13.0 Å². The summed E-state index contributed by atoms with van der Waals surface area (Å²) in [5.41, 5.74) is 7.85. The Kier molecular flexibility index (Phi) is 5.86. The minimum Gasteiger partial charge on any atom is -0.391 e. The van der Waals surface area contributed by atoms with Crippen molar-refractivity contribution in [2.24, 2.45) is 5.11 Å². The van der Waals surface area contributed by atoms with Gasteiger partial charge in [0.1, 0.15) is 0 Å². The van der Waals surface area contributed by atoms with Crippen LogP contribution in [0.1, 0.15) is 6.92 Å². The lowest BCUT2D eigenvalue weighted by atomic mass is 10.4. The van der Waals surface area contributed by atoms with Gasteiger partial charge in [0.05, 0.1) is 19.3 Å². The van der Waals surface area contributed by atoms with E-state index < -0.39 is 6.10 Å². The molecule has 0 aromatic heterocycles. The van der Waals surface area contributed by atoms with Crippen LogP contribution in [-0.2, 0) is 4.74 Å². The van der Waals surface area contributed by atoms with E-state index in [1.807, 2.05) is 6.92 Å². The van der Waals surface area contributed by atoms with Crippen molar-refractivity contribution in [2.75, 3.05) is 19.8 Å². The molecule has 58 valence electrons. The normalized spacial score (nSPS) is 12.2. The van der Waals surface area contributed by atoms with Crippen LogP contribution in [0.2, 0.25) is 0 Å². The van der Waals surface area contributed by atoms with Gasteiger partial charge in [-0.05, 0) is 12.5 Å². The summed E-state index contributed by atoms with van der Waals surface area (Å²) in [5, 5.41) is 12.1. The maximum atomic E-state index is 8.92. The molecule has 0 bridgehead atoms. The average molecular weight is 145 g/mol. The maximum Gasteiger partial charge on any atom is 0.0829 e. The molecule has 0 radical (unpaired) electrons. The first-order valence-corrected chi connectivity index (χ1v) is 3.08. The molecule has 0 saturated carbocycles. The molecule has 0 saturated heterocycles. The highest BCUT2D eigenvalue weighted by atomic mass is 16.5. The van der Waals surface area contributed by atoms with Gasteiger partial charge < -0.3 is 9.84 Å². The largest absolute Gasteiger partial charge is 0.391 e. The molecule has 1 unspecified atom stereocenters. The standard InChI is InChI=1S/C5H11N3O2/c1-2-10-4-5(9)3-7-8-6/h5,9H,2-4H2,1H3. The zero-order chi connectivity index (χ0) is 7.82. The molecular weight excluding hydrogens is 134 g/mol. The molecule has 0 aromatic rings. The highest BCUT2D eigenvalue weighted by Gasteiger charge is 1.99. The van der Waals surface area contributed by atoms with Gasteiger partial charge in [0.25, 0.3) is 0 Å². The van der Waals surface area contributed by atoms with Crippen LogP contribution in [0.5, 0.6) is 0 Å². The minimum atomic E-state index is -0.671. The van der Waals surface area contributed by atoms with E-state index >= 15 is 0 Å². The van der Waals surface area contributed by atoms with E-state index in [4.69, 9.17) is 15.4 Å². The van der Waals surface area contributed by atoms with Crippen molar-refractivity contribution in [3.05, 3.63) is 10.4 Å². The predicted octanol–water partition coefficient (Wildman–Crippen LogP) is 0.694. The van der Waals surface area contributed by atoms with E-state index in [1.165, 1.54) is 0 Å². The first-order valence-electron chi connectivity index (χ1n) is 3.08. The van der Waals surface area contributed by atoms with Crippen molar-refractivity contribution in [1.29, 1.82) is 0 Å². The zero-order valence-electron chi connectivity index (χ0n) is 5.90. The van der Waals surface area contributed by atoms with Gasteiger partial charge in [0.15, 0.2) is 0 Å². The molecule has 1 N–H and O–H groups in total. The molecule has 0 heterocycles. The Bertz CT molecular complexity index is 122. The lowest BCUT2D eigenvalue weighted by molar-refractivity contribution is 0.0475. The van der Waals surface area contributed by atoms with Gasteiger partial charge in [0.2, 0.25) is 0 Å². The number of ether oxygens (including phenoxy) is 1. The topological polar surface area (TPSA) is 78.2 Å². The van der Waals surface area contributed by atoms with Crippen LogP contribution in [0.3, 0.4) is 0 Å². The molecule has 0 rings (SSSR count). The number of azide groups is 1. The number of hydrogen-bond acceptors (Lipinski definition) is 3. The Morgan fingerprint density at radius 2 is 2.50 bits per heavy atom. The second-order valence-electron chi connectivity index (χ2n) is 1.73. The average Bonchev–Trinajstić information content (AvgIpc) is 1.97. The van der Waals surface area contributed by atoms with E-state index in [-0.39, 0.29) is 13.2 Å². The fourth-order valence-electron chi connectivity index (χ4n) is 0.437. The van der Waals surface area contributed by atoms with Gasteiger partial charge in [-0.15, -0.1) is 0 Å². The molecule has 5 nitrogen and oxygen atoms in total. The van der Waals surface area contributed by atoms with Crippen LogP contribution < -0.4 is 0 Å². The minimum absolute atomic E-state index is 0.0799. The van der Waals surface area contributed by atoms with Gasteiger partial charge in [-0.2, -0.15) is 0 Å². The summed E-state index contributed by atoms with van der Waals surface area (Å²) in [6.45, 7) is 2.71. The van der Waals surface area contributed by atoms with Crippen LogP contribution in [0.25, 0.3) is 10.4 Å². The van der Waals surface area contributed by atoms with Crippen molar-refractivity contribution < 1.29 is 9.84 Å². The molecule has 0 aromatic carbocycles. The summed E-state index contributed by atoms with van der Waals surface area (Å²) in [7, 11) is 0. The Labute approximate surface area is 59.2 Å². The summed E-state index contributed by atoms with van der Waals surface area (Å²) < 4.78 is 4.86. The number of aliphatic hydroxyl groups is 1. The molecule has 0 aliphatic rings. The van der Waals surface area contributed by atoms with Gasteiger partial charge >= 0.3 is 0 Å². The van der Waals surface area contributed by atoms with Gasteiger partial charge in [0, 0.05) is 11.5 Å². The first kappa shape index (κ1) is 9.23. The van der Waals surface area contributed by atoms with E-state index in [1.54, 1.807) is 0 Å². The van der Waals surface area contributed by atoms with Crippen molar-refractivity contribution >= 4 is 0 Å². The summed E-state index contributed by atoms with van der Waals surface area (Å²) >= 11 is 0. The van der Waals surface area contributed by atoms with Gasteiger partial charge in [-0.3, -0.25) is 0 Å². The van der Waals surface area contributed by atoms with Gasteiger partial charge in [-0.1, -0.05) is 5.11 Å². The first-order chi connectivity index (χ1) is 4.81. The third-order valence-electron chi connectivity index (χ3n) is 0.870. The highest BCUT2D eigenvalue weighted by Crippen LogP contribution is 1.86. The van der Waals surface area contributed by atoms with Crippen LogP contribution >= 0.6 is 0 Å². The maximum absolute atomic E-state index is 8.92. The molecule has 5 heteroatoms. The third kappa shape index (κ3) is 5.37. The molecule has 0 aliphatic carbocycles. The van der Waals surface area contributed by atoms with Crippen LogP contribution in [0.15, 0.2) is 5.11 Å². The zero-order valence-corrected chi connectivity index (χ0v) is 5.90. The quantitative estimate of drug-likeness (QED) is 0.351. The van der Waals surface area contributed by atoms with E-state index in [2.05, 4.69) is 10.0 Å². The van der Waals surface area contributed by atoms with Crippen LogP contribution in [0.4, 0.5) is 0 Å². The highest BCUT2D eigenvalue weighted by molar-refractivity contribution is 4.57. The SMILES string of the molecule is CCOCC(O)CN=[N+]=[N-]. The van der Waals surface area contributed by atoms with Crippen LogP contribution in [0, 0.1) is 0 Å². The third-order valence-corrected chi connectivity index (χ3v) is 0.870. The molecule has 0 aliphatic heterocycles. The Morgan fingerprint density at radius 1 is 1.80 bits per heavy atom. The van der Waals surface area contributed by atoms with Crippen molar-refractivity contribution in [3.8, 4) is 0 Å². The second-order valence-corrected chi connectivity index (χ2v) is 1.73. The van der Waals surface area contributed by atoms with E-state index in [9.17, 15) is 0 Å². The molecule has 0 fully saturated rings. The number of nitrogens with zero attached hydrogens (tertiary/aromatic N) is 3. The Balaban J connectivity index is 3.24. The summed E-state index contributed by atoms with van der Waals surface area (Å²) in [6.07, 6.45) is -0.671. The van der Waals surface area contributed by atoms with Crippen molar-refractivity contribution in [1.82, 2.24) is 0 Å². The molecule has 0 amide bonds. The molecule has 1 atom stereocenters. The number of hydrogen-bond donors (Lipinski definition) is 1. The van der Waals surface area contributed by atoms with E-state index in [0.717, 1.165) is 0 Å². The summed E-state index contributed by atoms with van der Waals surface area (Å²) in [6, 6.07) is 0. The number of rotatable bonds is 5. The van der Waals surface area contributed by atoms with Crippen molar-refractivity contribution in [3.63, 3.8) is 0 Å². The smallest absolute Gasteiger partial charge is 0.0829 e. The fraction of sp³-hybridized carbons (Fsp3) is 1.00. The second kappa shape index (κ2) is 6.35. The molecule has 0 spiro atoms. The Morgan fingerprint density at radius 3 is 3.00 bits per heavy atom. The monoisotopic (exact) mass is 145 g/mol. The predicted molar refractivity (Wildman–Crippen MR) is 36.5 cm³/mol. The Hall–Kier alpha value is -0.770. The summed E-state index contributed by atoms with van der Waals surface area (Å²) in [5.74, 6) is 0. The molecule has 10 heavy (non-hydrogen) atoms.